The van der Waals surface area contributed by atoms with E-state index in [-0.39, 0.29) is 36.2 Å². The maximum Gasteiger partial charge on any atom is 0.435 e. The van der Waals surface area contributed by atoms with Gasteiger partial charge in [0, 0.05) is 34.2 Å². The normalized spacial score (nSPS) is 20.2. The predicted octanol–water partition coefficient (Wildman–Crippen LogP) is 6.32. The van der Waals surface area contributed by atoms with Gasteiger partial charge in [-0.2, -0.15) is 27.1 Å². The Bertz CT molecular complexity index is 2200. The molecule has 2 aromatic heterocycles. The number of halogens is 7. The number of amides is 1. The maximum atomic E-state index is 15.5. The zero-order valence-corrected chi connectivity index (χ0v) is 28.1. The Balaban J connectivity index is 1.35. The molecule has 2 aliphatic carbocycles. The van der Waals surface area contributed by atoms with E-state index in [4.69, 9.17) is 0 Å². The van der Waals surface area contributed by atoms with Gasteiger partial charge < -0.3 is 20.8 Å². The molecule has 0 spiro atoms. The number of nitrogens with one attached hydrogen (secondary N) is 2. The molecule has 3 heterocycles. The van der Waals surface area contributed by atoms with Gasteiger partial charge in [-0.15, -0.1) is 0 Å². The van der Waals surface area contributed by atoms with Crippen molar-refractivity contribution < 1.29 is 45.7 Å². The summed E-state index contributed by atoms with van der Waals surface area (Å²) in [6.07, 6.45) is -5.10. The summed E-state index contributed by atoms with van der Waals surface area (Å²) in [6.45, 7) is 1.84. The van der Waals surface area contributed by atoms with Gasteiger partial charge in [0.25, 0.3) is 5.92 Å². The van der Waals surface area contributed by atoms with E-state index in [1.807, 2.05) is 0 Å². The number of aliphatic imine (C=N–C) groups is 1. The number of alkyl halides is 5. The van der Waals surface area contributed by atoms with Crippen LogP contribution in [0.5, 0.6) is 0 Å². The van der Waals surface area contributed by atoms with Gasteiger partial charge in [0.1, 0.15) is 35.2 Å². The highest BCUT2D eigenvalue weighted by molar-refractivity contribution is 5.85. The van der Waals surface area contributed by atoms with Gasteiger partial charge in [-0.1, -0.05) is 24.1 Å². The van der Waals surface area contributed by atoms with Gasteiger partial charge in [0.2, 0.25) is 5.91 Å². The van der Waals surface area contributed by atoms with Crippen LogP contribution in [0.2, 0.25) is 0 Å². The molecule has 16 heteroatoms. The Morgan fingerprint density at radius 1 is 1.09 bits per heavy atom. The van der Waals surface area contributed by atoms with Gasteiger partial charge in [-0.05, 0) is 74.8 Å². The van der Waals surface area contributed by atoms with E-state index in [1.54, 1.807) is 24.3 Å². The molecule has 9 nitrogen and oxygen atoms in total. The summed E-state index contributed by atoms with van der Waals surface area (Å²) < 4.78 is 103. The summed E-state index contributed by atoms with van der Waals surface area (Å²) in [6, 6.07) is 9.37. The second-order valence-electron chi connectivity index (χ2n) is 13.8. The third-order valence-electron chi connectivity index (χ3n) is 9.50. The molecule has 1 aliphatic heterocycles. The smallest absolute Gasteiger partial charge is 0.378 e. The average molecular weight is 741 g/mol. The van der Waals surface area contributed by atoms with Crippen LogP contribution >= 0.6 is 0 Å². The molecular weight excluding hydrogens is 709 g/mol. The third kappa shape index (κ3) is 6.86. The van der Waals surface area contributed by atoms with Crippen molar-refractivity contribution in [3.05, 3.63) is 99.6 Å². The molecule has 276 valence electrons. The number of nitrogens with zero attached hydrogens (tertiary/aromatic N) is 4. The van der Waals surface area contributed by atoms with Gasteiger partial charge in [-0.3, -0.25) is 9.48 Å². The quantitative estimate of drug-likeness (QED) is 0.130. The van der Waals surface area contributed by atoms with Crippen LogP contribution in [0.25, 0.3) is 11.1 Å². The minimum absolute atomic E-state index is 0.0174. The molecule has 4 atom stereocenters. The van der Waals surface area contributed by atoms with Crippen LogP contribution in [-0.4, -0.2) is 42.8 Å². The van der Waals surface area contributed by atoms with Crippen molar-refractivity contribution in [2.75, 3.05) is 0 Å². The van der Waals surface area contributed by atoms with Crippen molar-refractivity contribution in [2.45, 2.75) is 75.5 Å². The number of pyridine rings is 1. The van der Waals surface area contributed by atoms with Crippen LogP contribution in [0.15, 0.2) is 53.5 Å². The van der Waals surface area contributed by atoms with Crippen molar-refractivity contribution in [3.8, 4) is 23.0 Å². The first-order valence-corrected chi connectivity index (χ1v) is 16.6. The summed E-state index contributed by atoms with van der Waals surface area (Å²) in [4.78, 5) is 22.9. The van der Waals surface area contributed by atoms with Crippen LogP contribution in [0.4, 0.5) is 36.4 Å². The number of aliphatic hydroxyl groups excluding tert-OH is 1. The molecule has 0 bridgehead atoms. The number of fused-ring (bicyclic) bond motifs is 4. The monoisotopic (exact) mass is 740 g/mol. The van der Waals surface area contributed by atoms with Gasteiger partial charge in [0.05, 0.1) is 23.8 Å². The fourth-order valence-electron chi connectivity index (χ4n) is 7.17. The highest BCUT2D eigenvalue weighted by atomic mass is 19.4. The zero-order chi connectivity index (χ0) is 38.0. The van der Waals surface area contributed by atoms with Gasteiger partial charge in [0.15, 0.2) is 11.9 Å². The molecule has 2 aromatic carbocycles. The SMILES string of the molecule is CC(C)(O)C#Cc1ccc(-c2cccc3c2N=CNC3O)c([C@H](Cc2cc(F)cc(F)c2)NC(=O)Cn2nc(C(F)(F)F)c3c2C(F)(F)[C@@H]2CC[C@H]32)n1. The van der Waals surface area contributed by atoms with E-state index in [9.17, 15) is 37.0 Å². The number of carbonyl (C=O) groups excluding carboxylic acids is 1. The minimum Gasteiger partial charge on any atom is -0.378 e. The number of para-hydroxylation sites is 1. The predicted molar refractivity (Wildman–Crippen MR) is 177 cm³/mol. The average Bonchev–Trinajstić information content (AvgIpc) is 3.48. The molecule has 1 unspecified atom stereocenters. The molecule has 7 rings (SSSR count). The number of aliphatic hydroxyl groups is 2. The molecule has 1 fully saturated rings. The van der Waals surface area contributed by atoms with Crippen LogP contribution in [0.1, 0.15) is 84.3 Å². The first kappa shape index (κ1) is 36.1. The summed E-state index contributed by atoms with van der Waals surface area (Å²) in [5, 5.41) is 29.6. The van der Waals surface area contributed by atoms with Crippen LogP contribution in [0.3, 0.4) is 0 Å². The molecule has 3 aliphatic rings. The standard InChI is InChI=1S/C37H31F7N6O3/c1-35(2,53)11-10-21-6-7-23(22-4-3-5-25-30(22)45-17-46-34(25)52)31(47-21)27(14-18-12-19(38)15-20(39)13-18)48-28(51)16-50-33-29(32(49-50)37(42,43)44)24-8-9-26(24)36(33,40)41/h3-7,12-13,15,17,24,26-27,34,52-53H,8-9,14,16H2,1-2H3,(H,45,46)(H,48,51)/t24-,26+,27-,34?/m0/s1. The fraction of sp³-hybridized carbons (Fsp3) is 0.351. The van der Waals surface area contributed by atoms with E-state index in [0.717, 1.165) is 12.1 Å². The number of benzene rings is 2. The number of hydrogen-bond donors (Lipinski definition) is 4. The van der Waals surface area contributed by atoms with Gasteiger partial charge >= 0.3 is 6.18 Å². The lowest BCUT2D eigenvalue weighted by molar-refractivity contribution is -0.144. The van der Waals surface area contributed by atoms with E-state index < -0.39 is 82.8 Å². The van der Waals surface area contributed by atoms with E-state index >= 15 is 8.78 Å². The Morgan fingerprint density at radius 3 is 2.49 bits per heavy atom. The lowest BCUT2D eigenvalue weighted by Gasteiger charge is -2.34. The van der Waals surface area contributed by atoms with Gasteiger partial charge in [-0.25, -0.2) is 18.8 Å². The highest BCUT2D eigenvalue weighted by Gasteiger charge is 2.63. The summed E-state index contributed by atoms with van der Waals surface area (Å²) in [5.41, 5.74) is -2.85. The Hall–Kier alpha value is -5.27. The Kier molecular flexibility index (Phi) is 8.85. The fourth-order valence-corrected chi connectivity index (χ4v) is 7.17. The summed E-state index contributed by atoms with van der Waals surface area (Å²) in [5.74, 6) is -3.58. The van der Waals surface area contributed by atoms with E-state index in [2.05, 4.69) is 37.5 Å². The second kappa shape index (κ2) is 13.0. The molecule has 1 amide bonds. The first-order chi connectivity index (χ1) is 24.9. The minimum atomic E-state index is -5.06. The topological polar surface area (TPSA) is 125 Å². The lowest BCUT2D eigenvalue weighted by Crippen LogP contribution is -2.36. The Labute approximate surface area is 298 Å². The number of rotatable bonds is 7. The number of hydrogen-bond acceptors (Lipinski definition) is 7. The van der Waals surface area contributed by atoms with Crippen molar-refractivity contribution in [1.29, 1.82) is 0 Å². The van der Waals surface area contributed by atoms with Crippen LogP contribution < -0.4 is 10.6 Å². The third-order valence-corrected chi connectivity index (χ3v) is 9.50. The summed E-state index contributed by atoms with van der Waals surface area (Å²) in [7, 11) is 0. The first-order valence-electron chi connectivity index (χ1n) is 16.6. The van der Waals surface area contributed by atoms with Crippen molar-refractivity contribution in [2.24, 2.45) is 10.9 Å². The number of aromatic nitrogens is 3. The maximum absolute atomic E-state index is 15.5. The molecule has 0 radical (unpaired) electrons. The second-order valence-corrected chi connectivity index (χ2v) is 13.8. The zero-order valence-electron chi connectivity index (χ0n) is 28.1. The molecule has 53 heavy (non-hydrogen) atoms. The van der Waals surface area contributed by atoms with E-state index in [1.165, 1.54) is 26.3 Å². The van der Waals surface area contributed by atoms with E-state index in [0.29, 0.717) is 33.1 Å². The molecular formula is C37H31F7N6O3. The van der Waals surface area contributed by atoms with Crippen molar-refractivity contribution in [1.82, 2.24) is 25.4 Å². The largest absolute Gasteiger partial charge is 0.435 e. The van der Waals surface area contributed by atoms with Crippen LogP contribution in [0, 0.1) is 29.4 Å². The highest BCUT2D eigenvalue weighted by Crippen LogP contribution is 2.64. The van der Waals surface area contributed by atoms with Crippen LogP contribution in [-0.2, 0) is 29.9 Å². The number of carbonyl (C=O) groups is 1. The Morgan fingerprint density at radius 2 is 1.83 bits per heavy atom. The van der Waals surface area contributed by atoms with Crippen molar-refractivity contribution in [3.63, 3.8) is 0 Å². The molecule has 4 N–H and O–H groups in total. The summed E-state index contributed by atoms with van der Waals surface area (Å²) >= 11 is 0. The molecule has 0 saturated heterocycles. The molecule has 1 saturated carbocycles. The van der Waals surface area contributed by atoms with Crippen molar-refractivity contribution >= 4 is 17.9 Å². The lowest BCUT2D eigenvalue weighted by atomic mass is 9.73. The molecule has 4 aromatic rings.